The minimum absolute atomic E-state index is 0.0812. The van der Waals surface area contributed by atoms with E-state index in [0.29, 0.717) is 19.4 Å². The van der Waals surface area contributed by atoms with E-state index in [2.05, 4.69) is 20.8 Å². The molecule has 0 saturated carbocycles. The zero-order chi connectivity index (χ0) is 24.4. The van der Waals surface area contributed by atoms with E-state index >= 15 is 0 Å². The van der Waals surface area contributed by atoms with Crippen LogP contribution in [0.25, 0.3) is 0 Å². The molecular weight excluding hydrogens is 412 g/mol. The molecular formula is C29H56O4. The fraction of sp³-hybridized carbons (Fsp3) is 0.931. The summed E-state index contributed by atoms with van der Waals surface area (Å²) < 4.78 is 11.0. The van der Waals surface area contributed by atoms with Crippen LogP contribution in [0.3, 0.4) is 0 Å². The Morgan fingerprint density at radius 2 is 1.00 bits per heavy atom. The molecule has 4 nitrogen and oxygen atoms in total. The SMILES string of the molecule is CCCCCCCCCCCCCCOC(=O)CCCCCC(=O)OC(CCC)CCCC. The zero-order valence-corrected chi connectivity index (χ0v) is 22.5. The van der Waals surface area contributed by atoms with Gasteiger partial charge in [-0.25, -0.2) is 0 Å². The molecule has 0 aliphatic rings. The van der Waals surface area contributed by atoms with E-state index in [-0.39, 0.29) is 18.0 Å². The first-order valence-electron chi connectivity index (χ1n) is 14.5. The monoisotopic (exact) mass is 468 g/mol. The van der Waals surface area contributed by atoms with Gasteiger partial charge in [-0.15, -0.1) is 0 Å². The lowest BCUT2D eigenvalue weighted by Crippen LogP contribution is -2.18. The van der Waals surface area contributed by atoms with Crippen LogP contribution in [0.2, 0.25) is 0 Å². The molecule has 0 N–H and O–H groups in total. The first-order valence-corrected chi connectivity index (χ1v) is 14.5. The molecule has 196 valence electrons. The molecule has 0 aliphatic heterocycles. The number of ether oxygens (including phenoxy) is 2. The highest BCUT2D eigenvalue weighted by atomic mass is 16.5. The summed E-state index contributed by atoms with van der Waals surface area (Å²) in [7, 11) is 0. The fourth-order valence-electron chi connectivity index (χ4n) is 4.18. The first kappa shape index (κ1) is 31.9. The van der Waals surface area contributed by atoms with Gasteiger partial charge in [0.05, 0.1) is 6.61 Å². The van der Waals surface area contributed by atoms with Gasteiger partial charge in [-0.3, -0.25) is 9.59 Å². The number of rotatable bonds is 25. The van der Waals surface area contributed by atoms with Crippen molar-refractivity contribution in [2.75, 3.05) is 6.61 Å². The van der Waals surface area contributed by atoms with Crippen LogP contribution < -0.4 is 0 Å². The van der Waals surface area contributed by atoms with Crippen molar-refractivity contribution in [1.82, 2.24) is 0 Å². The van der Waals surface area contributed by atoms with E-state index in [1.54, 1.807) is 0 Å². The lowest BCUT2D eigenvalue weighted by molar-refractivity contribution is -0.150. The molecule has 0 bridgehead atoms. The molecule has 0 rings (SSSR count). The number of hydrogen-bond acceptors (Lipinski definition) is 4. The molecule has 0 aliphatic carbocycles. The summed E-state index contributed by atoms with van der Waals surface area (Å²) >= 11 is 0. The summed E-state index contributed by atoms with van der Waals surface area (Å²) in [5.74, 6) is -0.178. The van der Waals surface area contributed by atoms with Gasteiger partial charge in [0.15, 0.2) is 0 Å². The third-order valence-corrected chi connectivity index (χ3v) is 6.31. The molecule has 0 spiro atoms. The van der Waals surface area contributed by atoms with Crippen molar-refractivity contribution < 1.29 is 19.1 Å². The lowest BCUT2D eigenvalue weighted by atomic mass is 10.1. The number of carbonyl (C=O) groups excluding carboxylic acids is 2. The Kier molecular flexibility index (Phi) is 24.7. The second-order valence-electron chi connectivity index (χ2n) is 9.71. The van der Waals surface area contributed by atoms with Gasteiger partial charge in [0, 0.05) is 12.8 Å². The molecule has 4 heteroatoms. The normalized spacial score (nSPS) is 12.0. The van der Waals surface area contributed by atoms with Crippen LogP contribution in [0.1, 0.15) is 162 Å². The van der Waals surface area contributed by atoms with Gasteiger partial charge in [-0.05, 0) is 32.1 Å². The van der Waals surface area contributed by atoms with E-state index in [9.17, 15) is 9.59 Å². The topological polar surface area (TPSA) is 52.6 Å². The lowest BCUT2D eigenvalue weighted by Gasteiger charge is -2.17. The van der Waals surface area contributed by atoms with Gasteiger partial charge in [-0.2, -0.15) is 0 Å². The van der Waals surface area contributed by atoms with Crippen molar-refractivity contribution in [2.24, 2.45) is 0 Å². The van der Waals surface area contributed by atoms with Crippen LogP contribution >= 0.6 is 0 Å². The van der Waals surface area contributed by atoms with E-state index in [1.165, 1.54) is 64.2 Å². The third kappa shape index (κ3) is 23.9. The van der Waals surface area contributed by atoms with Gasteiger partial charge < -0.3 is 9.47 Å². The highest BCUT2D eigenvalue weighted by Crippen LogP contribution is 2.14. The predicted octanol–water partition coefficient (Wildman–Crippen LogP) is 9.08. The molecule has 0 aromatic carbocycles. The second-order valence-corrected chi connectivity index (χ2v) is 9.71. The maximum Gasteiger partial charge on any atom is 0.306 e. The summed E-state index contributed by atoms with van der Waals surface area (Å²) in [5, 5.41) is 0. The first-order chi connectivity index (χ1) is 16.1. The van der Waals surface area contributed by atoms with Crippen LogP contribution in [-0.2, 0) is 19.1 Å². The standard InChI is InChI=1S/C29H56O4/c1-4-7-9-10-11-12-13-14-15-16-17-21-26-32-28(30)24-19-18-20-25-29(31)33-27(22-6-3)23-8-5-2/h27H,4-26H2,1-3H3. The Morgan fingerprint density at radius 1 is 0.515 bits per heavy atom. The quantitative estimate of drug-likeness (QED) is 0.0990. The van der Waals surface area contributed by atoms with Gasteiger partial charge in [0.25, 0.3) is 0 Å². The maximum atomic E-state index is 12.0. The van der Waals surface area contributed by atoms with Crippen molar-refractivity contribution in [3.8, 4) is 0 Å². The Morgan fingerprint density at radius 3 is 1.55 bits per heavy atom. The Balaban J connectivity index is 3.44. The summed E-state index contributed by atoms with van der Waals surface area (Å²) in [6, 6.07) is 0. The minimum atomic E-state index is -0.0942. The van der Waals surface area contributed by atoms with Crippen molar-refractivity contribution in [3.05, 3.63) is 0 Å². The van der Waals surface area contributed by atoms with Crippen LogP contribution in [0, 0.1) is 0 Å². The van der Waals surface area contributed by atoms with Crippen LogP contribution in [-0.4, -0.2) is 24.6 Å². The van der Waals surface area contributed by atoms with Gasteiger partial charge >= 0.3 is 11.9 Å². The van der Waals surface area contributed by atoms with Crippen molar-refractivity contribution >= 4 is 11.9 Å². The largest absolute Gasteiger partial charge is 0.466 e. The highest BCUT2D eigenvalue weighted by Gasteiger charge is 2.13. The third-order valence-electron chi connectivity index (χ3n) is 6.31. The van der Waals surface area contributed by atoms with Gasteiger partial charge in [0.1, 0.15) is 6.10 Å². The Bertz CT molecular complexity index is 435. The molecule has 0 amide bonds. The van der Waals surface area contributed by atoms with E-state index in [4.69, 9.17) is 9.47 Å². The molecule has 1 unspecified atom stereocenters. The highest BCUT2D eigenvalue weighted by molar-refractivity contribution is 5.70. The maximum absolute atomic E-state index is 12.0. The Hall–Kier alpha value is -1.06. The van der Waals surface area contributed by atoms with Crippen LogP contribution in [0.15, 0.2) is 0 Å². The summed E-state index contributed by atoms with van der Waals surface area (Å²) in [6.45, 7) is 7.11. The minimum Gasteiger partial charge on any atom is -0.466 e. The average molecular weight is 469 g/mol. The van der Waals surface area contributed by atoms with Crippen molar-refractivity contribution in [2.45, 2.75) is 168 Å². The van der Waals surface area contributed by atoms with Crippen molar-refractivity contribution in [1.29, 1.82) is 0 Å². The number of esters is 2. The average Bonchev–Trinajstić information content (AvgIpc) is 2.80. The van der Waals surface area contributed by atoms with Crippen molar-refractivity contribution in [3.63, 3.8) is 0 Å². The number of carbonyl (C=O) groups is 2. The van der Waals surface area contributed by atoms with Crippen LogP contribution in [0.4, 0.5) is 0 Å². The molecule has 0 aromatic heterocycles. The molecule has 0 fully saturated rings. The molecule has 0 radical (unpaired) electrons. The molecule has 0 heterocycles. The Labute approximate surface area is 206 Å². The van der Waals surface area contributed by atoms with E-state index in [1.807, 2.05) is 0 Å². The molecule has 0 aromatic rings. The second kappa shape index (κ2) is 25.6. The fourth-order valence-corrected chi connectivity index (χ4v) is 4.18. The number of unbranched alkanes of at least 4 members (excludes halogenated alkanes) is 14. The molecule has 33 heavy (non-hydrogen) atoms. The van der Waals surface area contributed by atoms with Gasteiger partial charge in [-0.1, -0.05) is 117 Å². The smallest absolute Gasteiger partial charge is 0.306 e. The summed E-state index contributed by atoms with van der Waals surface area (Å²) in [6.07, 6.45) is 24.4. The molecule has 0 saturated heterocycles. The van der Waals surface area contributed by atoms with E-state index in [0.717, 1.165) is 64.2 Å². The van der Waals surface area contributed by atoms with Crippen LogP contribution in [0.5, 0.6) is 0 Å². The molecule has 1 atom stereocenters. The number of hydrogen-bond donors (Lipinski definition) is 0. The van der Waals surface area contributed by atoms with E-state index < -0.39 is 0 Å². The summed E-state index contributed by atoms with van der Waals surface area (Å²) in [4.78, 5) is 23.9. The van der Waals surface area contributed by atoms with Gasteiger partial charge in [0.2, 0.25) is 0 Å². The summed E-state index contributed by atoms with van der Waals surface area (Å²) in [5.41, 5.74) is 0. The zero-order valence-electron chi connectivity index (χ0n) is 22.5. The predicted molar refractivity (Wildman–Crippen MR) is 139 cm³/mol.